The van der Waals surface area contributed by atoms with E-state index in [1.165, 1.54) is 0 Å². The quantitative estimate of drug-likeness (QED) is 0.888. The summed E-state index contributed by atoms with van der Waals surface area (Å²) in [6.45, 7) is 2.16. The van der Waals surface area contributed by atoms with Gasteiger partial charge in [-0.05, 0) is 17.7 Å². The molecule has 16 heavy (non-hydrogen) atoms. The van der Waals surface area contributed by atoms with Gasteiger partial charge in [0.2, 0.25) is 11.8 Å². The van der Waals surface area contributed by atoms with E-state index in [4.69, 9.17) is 21.8 Å². The van der Waals surface area contributed by atoms with Crippen molar-refractivity contribution in [1.29, 1.82) is 0 Å². The lowest BCUT2D eigenvalue weighted by atomic mass is 9.99. The highest BCUT2D eigenvalue weighted by atomic mass is 35.5. The van der Waals surface area contributed by atoms with Gasteiger partial charge in [-0.2, -0.15) is 0 Å². The molecule has 1 heterocycles. The third-order valence-electron chi connectivity index (χ3n) is 2.33. The first-order chi connectivity index (χ1) is 7.70. The Bertz CT molecular complexity index is 484. The summed E-state index contributed by atoms with van der Waals surface area (Å²) in [5.74, 6) is 0.970. The maximum absolute atomic E-state index is 5.93. The largest absolute Gasteiger partial charge is 0.425 e. The Balaban J connectivity index is 2.36. The zero-order valence-corrected chi connectivity index (χ0v) is 9.61. The highest BCUT2D eigenvalue weighted by Gasteiger charge is 2.18. The topological polar surface area (TPSA) is 64.9 Å². The van der Waals surface area contributed by atoms with E-state index in [2.05, 4.69) is 10.2 Å². The second-order valence-electron chi connectivity index (χ2n) is 3.50. The van der Waals surface area contributed by atoms with E-state index >= 15 is 0 Å². The average molecular weight is 238 g/mol. The summed E-state index contributed by atoms with van der Waals surface area (Å²) in [7, 11) is 0. The van der Waals surface area contributed by atoms with Crippen LogP contribution in [-0.2, 0) is 0 Å². The van der Waals surface area contributed by atoms with E-state index in [1.54, 1.807) is 6.92 Å². The van der Waals surface area contributed by atoms with Crippen LogP contribution in [0.15, 0.2) is 28.7 Å². The van der Waals surface area contributed by atoms with E-state index in [0.29, 0.717) is 23.3 Å². The first-order valence-corrected chi connectivity index (χ1v) is 5.34. The summed E-state index contributed by atoms with van der Waals surface area (Å²) in [5, 5.41) is 8.45. The lowest BCUT2D eigenvalue weighted by Crippen LogP contribution is -2.14. The van der Waals surface area contributed by atoms with Crippen molar-refractivity contribution in [2.24, 2.45) is 5.73 Å². The third-order valence-corrected chi connectivity index (χ3v) is 2.56. The summed E-state index contributed by atoms with van der Waals surface area (Å²) >= 11 is 5.93. The van der Waals surface area contributed by atoms with Crippen LogP contribution in [0.1, 0.15) is 23.3 Å². The van der Waals surface area contributed by atoms with Crippen LogP contribution in [-0.4, -0.2) is 16.7 Å². The van der Waals surface area contributed by atoms with Gasteiger partial charge in [-0.25, -0.2) is 0 Å². The lowest BCUT2D eigenvalue weighted by Gasteiger charge is -2.10. The SMILES string of the molecule is Cc1nnc(C(CN)c2cccc(Cl)c2)o1. The minimum Gasteiger partial charge on any atom is -0.425 e. The molecule has 0 saturated heterocycles. The van der Waals surface area contributed by atoms with E-state index < -0.39 is 0 Å². The summed E-state index contributed by atoms with van der Waals surface area (Å²) < 4.78 is 5.39. The van der Waals surface area contributed by atoms with Crippen molar-refractivity contribution in [3.8, 4) is 0 Å². The zero-order chi connectivity index (χ0) is 11.5. The second-order valence-corrected chi connectivity index (χ2v) is 3.94. The Morgan fingerprint density at radius 3 is 2.81 bits per heavy atom. The van der Waals surface area contributed by atoms with Gasteiger partial charge < -0.3 is 10.2 Å². The van der Waals surface area contributed by atoms with Crippen molar-refractivity contribution in [2.75, 3.05) is 6.54 Å². The normalized spacial score (nSPS) is 12.7. The molecule has 0 saturated carbocycles. The van der Waals surface area contributed by atoms with Crippen LogP contribution in [0.25, 0.3) is 0 Å². The molecule has 2 N–H and O–H groups in total. The second kappa shape index (κ2) is 4.63. The fourth-order valence-electron chi connectivity index (χ4n) is 1.56. The molecular weight excluding hydrogens is 226 g/mol. The lowest BCUT2D eigenvalue weighted by molar-refractivity contribution is 0.449. The maximum Gasteiger partial charge on any atom is 0.225 e. The predicted octanol–water partition coefficient (Wildman–Crippen LogP) is 2.12. The van der Waals surface area contributed by atoms with Crippen LogP contribution in [0.4, 0.5) is 0 Å². The first-order valence-electron chi connectivity index (χ1n) is 4.96. The fraction of sp³-hybridized carbons (Fsp3) is 0.273. The number of rotatable bonds is 3. The minimum absolute atomic E-state index is 0.0973. The van der Waals surface area contributed by atoms with Crippen LogP contribution >= 0.6 is 11.6 Å². The van der Waals surface area contributed by atoms with E-state index in [0.717, 1.165) is 5.56 Å². The molecule has 0 aliphatic rings. The standard InChI is InChI=1S/C11H12ClN3O/c1-7-14-15-11(16-7)10(6-13)8-3-2-4-9(12)5-8/h2-5,10H,6,13H2,1H3. The Morgan fingerprint density at radius 2 is 2.25 bits per heavy atom. The van der Waals surface area contributed by atoms with Crippen LogP contribution in [0.5, 0.6) is 0 Å². The summed E-state index contributed by atoms with van der Waals surface area (Å²) in [6.07, 6.45) is 0. The number of aromatic nitrogens is 2. The number of aryl methyl sites for hydroxylation is 1. The van der Waals surface area contributed by atoms with Gasteiger partial charge in [-0.1, -0.05) is 23.7 Å². The predicted molar refractivity (Wildman–Crippen MR) is 61.4 cm³/mol. The number of nitrogens with zero attached hydrogens (tertiary/aromatic N) is 2. The van der Waals surface area contributed by atoms with Crippen molar-refractivity contribution >= 4 is 11.6 Å². The highest BCUT2D eigenvalue weighted by Crippen LogP contribution is 2.24. The number of benzene rings is 1. The Kier molecular flexibility index (Phi) is 3.22. The molecule has 0 amide bonds. The number of hydrogen-bond acceptors (Lipinski definition) is 4. The van der Waals surface area contributed by atoms with Crippen LogP contribution in [0, 0.1) is 6.92 Å². The summed E-state index contributed by atoms with van der Waals surface area (Å²) in [6, 6.07) is 7.50. The van der Waals surface area contributed by atoms with Gasteiger partial charge >= 0.3 is 0 Å². The monoisotopic (exact) mass is 237 g/mol. The third kappa shape index (κ3) is 2.23. The van der Waals surface area contributed by atoms with Crippen molar-refractivity contribution in [3.63, 3.8) is 0 Å². The Hall–Kier alpha value is -1.39. The Morgan fingerprint density at radius 1 is 1.44 bits per heavy atom. The van der Waals surface area contributed by atoms with Gasteiger partial charge in [-0.15, -0.1) is 10.2 Å². The van der Waals surface area contributed by atoms with E-state index in [1.807, 2.05) is 24.3 Å². The number of hydrogen-bond donors (Lipinski definition) is 1. The van der Waals surface area contributed by atoms with Crippen molar-refractivity contribution in [2.45, 2.75) is 12.8 Å². The molecule has 0 aliphatic heterocycles. The molecule has 0 fully saturated rings. The van der Waals surface area contributed by atoms with Crippen molar-refractivity contribution < 1.29 is 4.42 Å². The Labute approximate surface area is 98.4 Å². The fourth-order valence-corrected chi connectivity index (χ4v) is 1.75. The smallest absolute Gasteiger partial charge is 0.225 e. The van der Waals surface area contributed by atoms with Crippen LogP contribution < -0.4 is 5.73 Å². The van der Waals surface area contributed by atoms with E-state index in [9.17, 15) is 0 Å². The molecule has 1 atom stereocenters. The average Bonchev–Trinajstić information content (AvgIpc) is 2.66. The van der Waals surface area contributed by atoms with Crippen LogP contribution in [0.2, 0.25) is 5.02 Å². The van der Waals surface area contributed by atoms with Crippen molar-refractivity contribution in [3.05, 3.63) is 46.6 Å². The van der Waals surface area contributed by atoms with Crippen molar-refractivity contribution in [1.82, 2.24) is 10.2 Å². The van der Waals surface area contributed by atoms with Gasteiger partial charge in [0, 0.05) is 18.5 Å². The number of halogens is 1. The van der Waals surface area contributed by atoms with Gasteiger partial charge in [0.15, 0.2) is 0 Å². The van der Waals surface area contributed by atoms with E-state index in [-0.39, 0.29) is 5.92 Å². The van der Waals surface area contributed by atoms with Gasteiger partial charge in [0.05, 0.1) is 5.92 Å². The molecule has 1 aromatic carbocycles. The molecule has 0 aliphatic carbocycles. The van der Waals surface area contributed by atoms with Crippen LogP contribution in [0.3, 0.4) is 0 Å². The molecule has 2 rings (SSSR count). The van der Waals surface area contributed by atoms with Gasteiger partial charge in [-0.3, -0.25) is 0 Å². The van der Waals surface area contributed by atoms with Gasteiger partial charge in [0.1, 0.15) is 0 Å². The minimum atomic E-state index is -0.0973. The molecule has 84 valence electrons. The maximum atomic E-state index is 5.93. The molecule has 0 bridgehead atoms. The zero-order valence-electron chi connectivity index (χ0n) is 8.85. The summed E-state index contributed by atoms with van der Waals surface area (Å²) in [4.78, 5) is 0. The molecule has 5 heteroatoms. The van der Waals surface area contributed by atoms with Gasteiger partial charge in [0.25, 0.3) is 0 Å². The molecule has 1 unspecified atom stereocenters. The highest BCUT2D eigenvalue weighted by molar-refractivity contribution is 6.30. The molecular formula is C11H12ClN3O. The molecule has 4 nitrogen and oxygen atoms in total. The molecule has 1 aromatic heterocycles. The number of nitrogens with two attached hydrogens (primary N) is 1. The summed E-state index contributed by atoms with van der Waals surface area (Å²) in [5.41, 5.74) is 6.71. The molecule has 2 aromatic rings. The molecule has 0 radical (unpaired) electrons. The molecule has 0 spiro atoms. The first kappa shape index (κ1) is 11.1.